The Labute approximate surface area is 163 Å². The number of pyridine rings is 1. The number of anilines is 1. The maximum absolute atomic E-state index is 12.8. The van der Waals surface area contributed by atoms with Gasteiger partial charge in [0.25, 0.3) is 10.0 Å². The molecule has 1 aromatic carbocycles. The molecule has 0 fully saturated rings. The van der Waals surface area contributed by atoms with Crippen LogP contribution in [0, 0.1) is 0 Å². The minimum atomic E-state index is -4.97. The summed E-state index contributed by atoms with van der Waals surface area (Å²) in [4.78, 5) is 11.4. The fourth-order valence-electron chi connectivity index (χ4n) is 2.36. The summed E-state index contributed by atoms with van der Waals surface area (Å²) in [7, 11) is -3.14. The maximum Gasteiger partial charge on any atom is 0.573 e. The Hall–Kier alpha value is -3.41. The average Bonchev–Trinajstić information content (AvgIpc) is 2.67. The van der Waals surface area contributed by atoms with E-state index in [4.69, 9.17) is 4.74 Å². The molecule has 0 saturated heterocycles. The van der Waals surface area contributed by atoms with Crippen LogP contribution in [0.1, 0.15) is 0 Å². The molecular weight excluding hydrogens is 413 g/mol. The zero-order chi connectivity index (χ0) is 21.1. The van der Waals surface area contributed by atoms with Crippen molar-refractivity contribution in [1.29, 1.82) is 0 Å². The number of nitrogens with one attached hydrogen (secondary N) is 1. The smallest absolute Gasteiger partial charge is 0.495 e. The highest BCUT2D eigenvalue weighted by Gasteiger charge is 2.32. The Kier molecular flexibility index (Phi) is 5.55. The number of alkyl halides is 3. The number of aromatic nitrogens is 3. The molecular formula is C17H13F3N4O4S. The van der Waals surface area contributed by atoms with Crippen LogP contribution in [-0.4, -0.2) is 36.8 Å². The lowest BCUT2D eigenvalue weighted by Gasteiger charge is -2.14. The first-order valence-electron chi connectivity index (χ1n) is 7.86. The van der Waals surface area contributed by atoms with Crippen molar-refractivity contribution in [2.45, 2.75) is 11.3 Å². The predicted octanol–water partition coefficient (Wildman–Crippen LogP) is 3.25. The lowest BCUT2D eigenvalue weighted by Crippen LogP contribution is -2.18. The first-order chi connectivity index (χ1) is 13.7. The number of benzene rings is 1. The molecule has 0 saturated carbocycles. The maximum atomic E-state index is 12.8. The number of nitrogens with zero attached hydrogens (tertiary/aromatic N) is 3. The minimum Gasteiger partial charge on any atom is -0.495 e. The highest BCUT2D eigenvalue weighted by Crippen LogP contribution is 2.32. The lowest BCUT2D eigenvalue weighted by atomic mass is 10.2. The largest absolute Gasteiger partial charge is 0.573 e. The van der Waals surface area contributed by atoms with E-state index >= 15 is 0 Å². The third kappa shape index (κ3) is 5.10. The Bertz CT molecular complexity index is 1110. The lowest BCUT2D eigenvalue weighted by molar-refractivity contribution is -0.274. The molecule has 0 aliphatic heterocycles. The zero-order valence-electron chi connectivity index (χ0n) is 14.7. The SMILES string of the molecule is COc1ccc(OC(F)(F)F)cc1S(=O)(=O)Nc1cncc(-c2cnccn2)c1. The fourth-order valence-corrected chi connectivity index (χ4v) is 3.58. The number of rotatable bonds is 6. The van der Waals surface area contributed by atoms with E-state index in [1.54, 1.807) is 0 Å². The van der Waals surface area contributed by atoms with Crippen LogP contribution in [0.2, 0.25) is 0 Å². The molecule has 3 aromatic rings. The van der Waals surface area contributed by atoms with Gasteiger partial charge in [-0.3, -0.25) is 19.7 Å². The monoisotopic (exact) mass is 426 g/mol. The van der Waals surface area contributed by atoms with Gasteiger partial charge in [-0.25, -0.2) is 8.42 Å². The van der Waals surface area contributed by atoms with E-state index in [2.05, 4.69) is 24.4 Å². The quantitative estimate of drug-likeness (QED) is 0.645. The van der Waals surface area contributed by atoms with Crippen molar-refractivity contribution in [3.8, 4) is 22.8 Å². The summed E-state index contributed by atoms with van der Waals surface area (Å²) < 4.78 is 73.9. The third-order valence-electron chi connectivity index (χ3n) is 3.51. The third-order valence-corrected chi connectivity index (χ3v) is 4.91. The van der Waals surface area contributed by atoms with Gasteiger partial charge in [0.15, 0.2) is 0 Å². The van der Waals surface area contributed by atoms with Crippen molar-refractivity contribution >= 4 is 15.7 Å². The number of methoxy groups -OCH3 is 1. The second-order valence-electron chi connectivity index (χ2n) is 5.52. The van der Waals surface area contributed by atoms with E-state index in [-0.39, 0.29) is 11.4 Å². The molecule has 8 nitrogen and oxygen atoms in total. The first kappa shape index (κ1) is 20.3. The van der Waals surface area contributed by atoms with Crippen LogP contribution < -0.4 is 14.2 Å². The second-order valence-corrected chi connectivity index (χ2v) is 7.17. The molecule has 0 atom stereocenters. The molecule has 0 spiro atoms. The normalized spacial score (nSPS) is 11.7. The molecule has 0 unspecified atom stereocenters. The molecule has 3 rings (SSSR count). The highest BCUT2D eigenvalue weighted by atomic mass is 32.2. The summed E-state index contributed by atoms with van der Waals surface area (Å²) in [5.74, 6) is -0.866. The van der Waals surface area contributed by atoms with Crippen LogP contribution in [0.4, 0.5) is 18.9 Å². The van der Waals surface area contributed by atoms with E-state index in [1.807, 2.05) is 0 Å². The van der Waals surface area contributed by atoms with Gasteiger partial charge >= 0.3 is 6.36 Å². The Morgan fingerprint density at radius 2 is 1.83 bits per heavy atom. The molecule has 0 radical (unpaired) electrons. The molecule has 0 bridgehead atoms. The molecule has 2 heterocycles. The summed E-state index contributed by atoms with van der Waals surface area (Å²) >= 11 is 0. The van der Waals surface area contributed by atoms with Crippen LogP contribution in [0.15, 0.2) is 60.1 Å². The van der Waals surface area contributed by atoms with Crippen LogP contribution >= 0.6 is 0 Å². The topological polar surface area (TPSA) is 103 Å². The van der Waals surface area contributed by atoms with E-state index in [9.17, 15) is 21.6 Å². The van der Waals surface area contributed by atoms with E-state index in [0.29, 0.717) is 17.3 Å². The number of halogens is 3. The van der Waals surface area contributed by atoms with Crippen molar-refractivity contribution < 1.29 is 31.1 Å². The zero-order valence-corrected chi connectivity index (χ0v) is 15.5. The van der Waals surface area contributed by atoms with Gasteiger partial charge in [0.2, 0.25) is 0 Å². The van der Waals surface area contributed by atoms with Gasteiger partial charge in [-0.15, -0.1) is 13.2 Å². The number of ether oxygens (including phenoxy) is 2. The highest BCUT2D eigenvalue weighted by molar-refractivity contribution is 7.92. The average molecular weight is 426 g/mol. The van der Waals surface area contributed by atoms with Gasteiger partial charge in [-0.1, -0.05) is 0 Å². The van der Waals surface area contributed by atoms with Gasteiger partial charge < -0.3 is 9.47 Å². The van der Waals surface area contributed by atoms with Crippen LogP contribution in [-0.2, 0) is 10.0 Å². The van der Waals surface area contributed by atoms with Crippen molar-refractivity contribution in [3.63, 3.8) is 0 Å². The summed E-state index contributed by atoms with van der Waals surface area (Å²) in [5.41, 5.74) is 1.01. The van der Waals surface area contributed by atoms with E-state index < -0.39 is 27.0 Å². The molecule has 2 aromatic heterocycles. The predicted molar refractivity (Wildman–Crippen MR) is 95.7 cm³/mol. The summed E-state index contributed by atoms with van der Waals surface area (Å²) in [6, 6.07) is 4.18. The van der Waals surface area contributed by atoms with Gasteiger partial charge in [-0.2, -0.15) is 0 Å². The van der Waals surface area contributed by atoms with Crippen LogP contribution in [0.25, 0.3) is 11.3 Å². The standard InChI is InChI=1S/C17H13F3N4O4S/c1-27-15-3-2-13(28-17(18,19)20)7-16(15)29(25,26)24-12-6-11(8-22-9-12)14-10-21-4-5-23-14/h2-10,24H,1H3. The van der Waals surface area contributed by atoms with Gasteiger partial charge in [0, 0.05) is 30.2 Å². The van der Waals surface area contributed by atoms with Gasteiger partial charge in [0.05, 0.1) is 30.9 Å². The summed E-state index contributed by atoms with van der Waals surface area (Å²) in [6.45, 7) is 0. The molecule has 29 heavy (non-hydrogen) atoms. The number of hydrogen-bond donors (Lipinski definition) is 1. The van der Waals surface area contributed by atoms with Gasteiger partial charge in [0.1, 0.15) is 16.4 Å². The Morgan fingerprint density at radius 1 is 1.03 bits per heavy atom. The molecule has 0 aliphatic rings. The van der Waals surface area contributed by atoms with Crippen molar-refractivity contribution in [3.05, 3.63) is 55.2 Å². The van der Waals surface area contributed by atoms with E-state index in [1.165, 1.54) is 44.2 Å². The number of hydrogen-bond acceptors (Lipinski definition) is 7. The molecule has 0 amide bonds. The summed E-state index contributed by atoms with van der Waals surface area (Å²) in [5, 5.41) is 0. The van der Waals surface area contributed by atoms with Crippen molar-refractivity contribution in [1.82, 2.24) is 15.0 Å². The van der Waals surface area contributed by atoms with Crippen LogP contribution in [0.3, 0.4) is 0 Å². The Morgan fingerprint density at radius 3 is 2.48 bits per heavy atom. The Balaban J connectivity index is 1.95. The molecule has 0 aliphatic carbocycles. The molecule has 1 N–H and O–H groups in total. The molecule has 12 heteroatoms. The first-order valence-corrected chi connectivity index (χ1v) is 9.34. The van der Waals surface area contributed by atoms with Gasteiger partial charge in [-0.05, 0) is 18.2 Å². The van der Waals surface area contributed by atoms with Crippen molar-refractivity contribution in [2.24, 2.45) is 0 Å². The minimum absolute atomic E-state index is 0.0670. The fraction of sp³-hybridized carbons (Fsp3) is 0.118. The number of sulfonamides is 1. The molecule has 152 valence electrons. The summed E-state index contributed by atoms with van der Waals surface area (Å²) in [6.07, 6.45) is 2.13. The van der Waals surface area contributed by atoms with Crippen molar-refractivity contribution in [2.75, 3.05) is 11.8 Å². The van der Waals surface area contributed by atoms with E-state index in [0.717, 1.165) is 12.1 Å². The second kappa shape index (κ2) is 7.91. The van der Waals surface area contributed by atoms with Crippen LogP contribution in [0.5, 0.6) is 11.5 Å².